The normalized spacial score (nSPS) is 42.8. The van der Waals surface area contributed by atoms with Gasteiger partial charge in [-0.15, -0.1) is 0 Å². The van der Waals surface area contributed by atoms with E-state index in [9.17, 15) is 14.0 Å². The Morgan fingerprint density at radius 1 is 1.20 bits per heavy atom. The number of nitrogens with two attached hydrogens (primary N) is 1. The van der Waals surface area contributed by atoms with Crippen molar-refractivity contribution in [3.8, 4) is 0 Å². The fourth-order valence-electron chi connectivity index (χ4n) is 5.88. The maximum atomic E-state index is 13.7. The van der Waals surface area contributed by atoms with Crippen molar-refractivity contribution in [1.29, 1.82) is 0 Å². The molecule has 0 bridgehead atoms. The summed E-state index contributed by atoms with van der Waals surface area (Å²) in [5.74, 6) is -0.303. The summed E-state index contributed by atoms with van der Waals surface area (Å²) in [5, 5.41) is 11.5. The van der Waals surface area contributed by atoms with Crippen molar-refractivity contribution >= 4 is 11.8 Å². The standard InChI is InChI=1S/C19H33FN8O2/c20-11-7-23-18-16(17(21)25-28(18)9-11)19(30)24-13-8-22-4-3-14(13)26-5-6-27-12(10-26)1-2-15(27)29/h11-14,16-18,22-23,25H,1-10,21H2,(H,24,30)/t11?,12-,13?,14?,16?,17?,18?/m1/s1. The summed E-state index contributed by atoms with van der Waals surface area (Å²) in [6.07, 6.45) is 0.723. The predicted molar refractivity (Wildman–Crippen MR) is 108 cm³/mol. The van der Waals surface area contributed by atoms with Crippen LogP contribution >= 0.6 is 0 Å². The summed E-state index contributed by atoms with van der Waals surface area (Å²) >= 11 is 0. The lowest BCUT2D eigenvalue weighted by molar-refractivity contribution is -0.131. The second-order valence-corrected chi connectivity index (χ2v) is 9.23. The van der Waals surface area contributed by atoms with Crippen molar-refractivity contribution in [3.63, 3.8) is 0 Å². The van der Waals surface area contributed by atoms with Crippen molar-refractivity contribution in [2.24, 2.45) is 11.7 Å². The van der Waals surface area contributed by atoms with Crippen LogP contribution in [0.15, 0.2) is 0 Å². The van der Waals surface area contributed by atoms with Gasteiger partial charge in [-0.2, -0.15) is 0 Å². The number of piperazine rings is 1. The number of rotatable bonds is 3. The largest absolute Gasteiger partial charge is 0.350 e. The number of carbonyl (C=O) groups excluding carboxylic acids is 2. The number of halogens is 1. The topological polar surface area (TPSA) is 118 Å². The zero-order valence-electron chi connectivity index (χ0n) is 17.2. The number of hydrogen-bond acceptors (Lipinski definition) is 8. The molecular weight excluding hydrogens is 391 g/mol. The van der Waals surface area contributed by atoms with Crippen LogP contribution in [0.25, 0.3) is 0 Å². The zero-order valence-corrected chi connectivity index (χ0v) is 17.2. The summed E-state index contributed by atoms with van der Waals surface area (Å²) in [4.78, 5) is 29.7. The Morgan fingerprint density at radius 3 is 2.93 bits per heavy atom. The first-order valence-corrected chi connectivity index (χ1v) is 11.2. The molecule has 0 radical (unpaired) electrons. The number of amides is 2. The van der Waals surface area contributed by atoms with Crippen LogP contribution in [-0.2, 0) is 9.59 Å². The molecule has 0 aromatic heterocycles. The van der Waals surface area contributed by atoms with Crippen molar-refractivity contribution in [3.05, 3.63) is 0 Å². The molecule has 5 fully saturated rings. The van der Waals surface area contributed by atoms with E-state index in [1.54, 1.807) is 5.01 Å². The number of hydrogen-bond donors (Lipinski definition) is 5. The first-order valence-electron chi connectivity index (χ1n) is 11.2. The molecule has 7 atom stereocenters. The summed E-state index contributed by atoms with van der Waals surface area (Å²) in [7, 11) is 0. The number of nitrogens with zero attached hydrogens (tertiary/aromatic N) is 3. The van der Waals surface area contributed by atoms with Gasteiger partial charge in [-0.3, -0.25) is 19.8 Å². The van der Waals surface area contributed by atoms with Gasteiger partial charge in [0.15, 0.2) is 0 Å². The first kappa shape index (κ1) is 20.5. The Morgan fingerprint density at radius 2 is 2.07 bits per heavy atom. The highest BCUT2D eigenvalue weighted by Crippen LogP contribution is 2.27. The molecule has 0 aromatic rings. The maximum absolute atomic E-state index is 13.7. The summed E-state index contributed by atoms with van der Waals surface area (Å²) in [5.41, 5.74) is 9.24. The number of carbonyl (C=O) groups is 2. The van der Waals surface area contributed by atoms with Gasteiger partial charge in [-0.05, 0) is 19.4 Å². The Bertz CT molecular complexity index is 683. The number of fused-ring (bicyclic) bond motifs is 2. The number of piperidine rings is 1. The summed E-state index contributed by atoms with van der Waals surface area (Å²) < 4.78 is 13.7. The van der Waals surface area contributed by atoms with Gasteiger partial charge < -0.3 is 21.3 Å². The Kier molecular flexibility index (Phi) is 5.67. The molecule has 6 unspecified atom stereocenters. The monoisotopic (exact) mass is 424 g/mol. The van der Waals surface area contributed by atoms with Crippen LogP contribution in [0.1, 0.15) is 19.3 Å². The van der Waals surface area contributed by atoms with E-state index < -0.39 is 18.3 Å². The lowest BCUT2D eigenvalue weighted by atomic mass is 9.95. The van der Waals surface area contributed by atoms with E-state index in [1.807, 2.05) is 4.90 Å². The van der Waals surface area contributed by atoms with Crippen molar-refractivity contribution in [1.82, 2.24) is 36.2 Å². The summed E-state index contributed by atoms with van der Waals surface area (Å²) in [6.45, 7) is 4.59. The highest BCUT2D eigenvalue weighted by molar-refractivity contribution is 5.81. The molecule has 10 nitrogen and oxygen atoms in total. The van der Waals surface area contributed by atoms with Crippen LogP contribution in [0, 0.1) is 5.92 Å². The Balaban J connectivity index is 1.24. The molecule has 5 heterocycles. The average Bonchev–Trinajstić information content (AvgIpc) is 3.26. The van der Waals surface area contributed by atoms with Crippen LogP contribution in [0.5, 0.6) is 0 Å². The van der Waals surface area contributed by atoms with Crippen molar-refractivity contribution < 1.29 is 14.0 Å². The van der Waals surface area contributed by atoms with Crippen LogP contribution < -0.4 is 27.1 Å². The van der Waals surface area contributed by atoms with Gasteiger partial charge >= 0.3 is 0 Å². The number of alkyl halides is 1. The number of hydrazine groups is 1. The van der Waals surface area contributed by atoms with Gasteiger partial charge in [-0.25, -0.2) is 14.8 Å². The van der Waals surface area contributed by atoms with Gasteiger partial charge in [0.05, 0.1) is 24.3 Å². The molecule has 5 aliphatic heterocycles. The van der Waals surface area contributed by atoms with E-state index >= 15 is 0 Å². The third-order valence-corrected chi connectivity index (χ3v) is 7.39. The van der Waals surface area contributed by atoms with Crippen LogP contribution in [0.2, 0.25) is 0 Å². The van der Waals surface area contributed by atoms with Gasteiger partial charge in [0.1, 0.15) is 6.17 Å². The van der Waals surface area contributed by atoms with Crippen molar-refractivity contribution in [2.75, 3.05) is 45.8 Å². The fraction of sp³-hybridized carbons (Fsp3) is 0.895. The predicted octanol–water partition coefficient (Wildman–Crippen LogP) is -2.87. The molecule has 11 heteroatoms. The van der Waals surface area contributed by atoms with E-state index in [0.717, 1.165) is 39.0 Å². The van der Waals surface area contributed by atoms with Gasteiger partial charge in [-0.1, -0.05) is 0 Å². The minimum Gasteiger partial charge on any atom is -0.350 e. The van der Waals surface area contributed by atoms with Crippen LogP contribution in [0.4, 0.5) is 4.39 Å². The molecule has 2 amide bonds. The molecule has 0 saturated carbocycles. The van der Waals surface area contributed by atoms with E-state index in [0.29, 0.717) is 19.0 Å². The molecule has 168 valence electrons. The molecule has 5 aliphatic rings. The molecule has 0 aromatic carbocycles. The molecule has 0 spiro atoms. The molecular formula is C19H33FN8O2. The molecule has 0 aliphatic carbocycles. The molecule has 5 saturated heterocycles. The third kappa shape index (κ3) is 3.71. The van der Waals surface area contributed by atoms with Crippen LogP contribution in [0.3, 0.4) is 0 Å². The second kappa shape index (κ2) is 8.29. The lowest BCUT2D eigenvalue weighted by Gasteiger charge is -2.46. The average molecular weight is 425 g/mol. The van der Waals surface area contributed by atoms with Crippen molar-refractivity contribution in [2.45, 2.75) is 55.9 Å². The van der Waals surface area contributed by atoms with Crippen LogP contribution in [-0.4, -0.2) is 109 Å². The zero-order chi connectivity index (χ0) is 20.8. The second-order valence-electron chi connectivity index (χ2n) is 9.23. The van der Waals surface area contributed by atoms with E-state index in [4.69, 9.17) is 5.73 Å². The Labute approximate surface area is 176 Å². The van der Waals surface area contributed by atoms with Gasteiger partial charge in [0, 0.05) is 57.8 Å². The highest BCUT2D eigenvalue weighted by atomic mass is 19.1. The Hall–Kier alpha value is -1.37. The SMILES string of the molecule is NC1NN2CC(F)CNC2C1C(=O)NC1CNCCC1N1CCN2C(=O)CC[C@@H]2C1. The quantitative estimate of drug-likeness (QED) is 0.328. The van der Waals surface area contributed by atoms with Gasteiger partial charge in [0.2, 0.25) is 11.8 Å². The molecule has 5 rings (SSSR count). The van der Waals surface area contributed by atoms with E-state index in [2.05, 4.69) is 26.3 Å². The minimum atomic E-state index is -0.976. The highest BCUT2D eigenvalue weighted by Gasteiger charge is 2.48. The molecule has 6 N–H and O–H groups in total. The number of nitrogens with one attached hydrogen (secondary N) is 4. The first-order chi connectivity index (χ1) is 14.5. The van der Waals surface area contributed by atoms with E-state index in [1.165, 1.54) is 0 Å². The molecule has 30 heavy (non-hydrogen) atoms. The smallest absolute Gasteiger partial charge is 0.229 e. The lowest BCUT2D eigenvalue weighted by Crippen LogP contribution is -2.65. The summed E-state index contributed by atoms with van der Waals surface area (Å²) in [6, 6.07) is 0.525. The van der Waals surface area contributed by atoms with Gasteiger partial charge in [0.25, 0.3) is 0 Å². The van der Waals surface area contributed by atoms with E-state index in [-0.39, 0.29) is 43.2 Å². The maximum Gasteiger partial charge on any atom is 0.229 e. The fourth-order valence-corrected chi connectivity index (χ4v) is 5.88. The minimum absolute atomic E-state index is 0.0198. The third-order valence-electron chi connectivity index (χ3n) is 7.39.